The van der Waals surface area contributed by atoms with Gasteiger partial charge in [0.15, 0.2) is 0 Å². The second-order valence-corrected chi connectivity index (χ2v) is 8.01. The number of sulfonamides is 1. The summed E-state index contributed by atoms with van der Waals surface area (Å²) in [6.45, 7) is 3.57. The van der Waals surface area contributed by atoms with E-state index in [0.717, 1.165) is 0 Å². The summed E-state index contributed by atoms with van der Waals surface area (Å²) in [5.74, 6) is 0. The van der Waals surface area contributed by atoms with Crippen molar-refractivity contribution < 1.29 is 16.8 Å². The van der Waals surface area contributed by atoms with E-state index in [2.05, 4.69) is 10.0 Å². The molecule has 0 aliphatic carbocycles. The predicted molar refractivity (Wildman–Crippen MR) is 79.5 cm³/mol. The first-order valence-corrected chi connectivity index (χ1v) is 9.31. The number of nitrogens with one attached hydrogen (secondary N) is 2. The molecule has 1 aromatic rings. The van der Waals surface area contributed by atoms with E-state index in [1.165, 1.54) is 22.5 Å². The van der Waals surface area contributed by atoms with Crippen molar-refractivity contribution >= 4 is 25.9 Å². The Balaban J connectivity index is 2.30. The summed E-state index contributed by atoms with van der Waals surface area (Å²) < 4.78 is 51.0. The molecule has 8 nitrogen and oxygen atoms in total. The molecule has 1 aromatic carbocycles. The first-order chi connectivity index (χ1) is 9.70. The molecule has 0 aromatic heterocycles. The van der Waals surface area contributed by atoms with Gasteiger partial charge in [0, 0.05) is 26.2 Å². The van der Waals surface area contributed by atoms with Crippen LogP contribution in [0.3, 0.4) is 0 Å². The Morgan fingerprint density at radius 1 is 1.19 bits per heavy atom. The quantitative estimate of drug-likeness (QED) is 0.666. The van der Waals surface area contributed by atoms with Gasteiger partial charge in [-0.3, -0.25) is 4.72 Å². The molecule has 2 rings (SSSR count). The van der Waals surface area contributed by atoms with Crippen LogP contribution in [0.4, 0.5) is 5.69 Å². The zero-order valence-electron chi connectivity index (χ0n) is 11.5. The molecule has 0 bridgehead atoms. The third-order valence-electron chi connectivity index (χ3n) is 3.19. The highest BCUT2D eigenvalue weighted by atomic mass is 32.2. The van der Waals surface area contributed by atoms with Gasteiger partial charge < -0.3 is 5.32 Å². The molecule has 1 saturated heterocycles. The molecule has 0 saturated carbocycles. The lowest BCUT2D eigenvalue weighted by atomic mass is 10.2. The van der Waals surface area contributed by atoms with E-state index < -0.39 is 20.2 Å². The molecule has 0 atom stereocenters. The molecule has 1 heterocycles. The molecule has 1 fully saturated rings. The van der Waals surface area contributed by atoms with Crippen molar-refractivity contribution in [3.05, 3.63) is 23.8 Å². The second-order valence-electron chi connectivity index (χ2n) is 4.78. The third-order valence-corrected chi connectivity index (χ3v) is 5.63. The maximum absolute atomic E-state index is 12.3. The summed E-state index contributed by atoms with van der Waals surface area (Å²) in [4.78, 5) is -0.133. The highest BCUT2D eigenvalue weighted by Gasteiger charge is 2.24. The lowest BCUT2D eigenvalue weighted by Gasteiger charge is -2.27. The minimum Gasteiger partial charge on any atom is -0.314 e. The van der Waals surface area contributed by atoms with E-state index in [1.54, 1.807) is 6.92 Å². The van der Waals surface area contributed by atoms with Crippen molar-refractivity contribution in [1.29, 1.82) is 0 Å². The van der Waals surface area contributed by atoms with E-state index in [1.807, 2.05) is 0 Å². The zero-order valence-corrected chi connectivity index (χ0v) is 13.2. The Hall–Kier alpha value is -1.20. The number of nitrogens with two attached hydrogens (primary N) is 1. The molecule has 10 heteroatoms. The van der Waals surface area contributed by atoms with Crippen LogP contribution in [0.2, 0.25) is 0 Å². The third kappa shape index (κ3) is 3.92. The second kappa shape index (κ2) is 5.89. The number of rotatable bonds is 4. The molecular weight excluding hydrogens is 316 g/mol. The number of primary sulfonamides is 1. The van der Waals surface area contributed by atoms with Gasteiger partial charge in [0.05, 0.1) is 10.6 Å². The van der Waals surface area contributed by atoms with Crippen LogP contribution in [0.15, 0.2) is 23.1 Å². The Kier molecular flexibility index (Phi) is 4.54. The Labute approximate surface area is 124 Å². The summed E-state index contributed by atoms with van der Waals surface area (Å²) in [5.41, 5.74) is 0.821. The number of benzene rings is 1. The first-order valence-electron chi connectivity index (χ1n) is 6.32. The first kappa shape index (κ1) is 16.2. The monoisotopic (exact) mass is 334 g/mol. The number of piperazine rings is 1. The Morgan fingerprint density at radius 3 is 2.38 bits per heavy atom. The predicted octanol–water partition coefficient (Wildman–Crippen LogP) is -0.796. The van der Waals surface area contributed by atoms with Crippen molar-refractivity contribution in [1.82, 2.24) is 9.62 Å². The number of anilines is 1. The van der Waals surface area contributed by atoms with Crippen molar-refractivity contribution in [3.8, 4) is 0 Å². The summed E-state index contributed by atoms with van der Waals surface area (Å²) in [6, 6.07) is 4.08. The summed E-state index contributed by atoms with van der Waals surface area (Å²) in [5, 5.41) is 8.12. The van der Waals surface area contributed by atoms with Crippen molar-refractivity contribution in [2.75, 3.05) is 30.9 Å². The molecule has 0 radical (unpaired) electrons. The Bertz CT molecular complexity index is 725. The van der Waals surface area contributed by atoms with Crippen LogP contribution in [-0.4, -0.2) is 47.3 Å². The van der Waals surface area contributed by atoms with Gasteiger partial charge in [0.1, 0.15) is 0 Å². The Morgan fingerprint density at radius 2 is 1.81 bits per heavy atom. The van der Waals surface area contributed by atoms with E-state index in [0.29, 0.717) is 31.7 Å². The van der Waals surface area contributed by atoms with Crippen LogP contribution >= 0.6 is 0 Å². The fraction of sp³-hybridized carbons (Fsp3) is 0.455. The summed E-state index contributed by atoms with van der Waals surface area (Å²) in [6.07, 6.45) is 0. The topological polar surface area (TPSA) is 122 Å². The molecule has 1 aliphatic heterocycles. The number of aryl methyl sites for hydroxylation is 1. The summed E-state index contributed by atoms with van der Waals surface area (Å²) in [7, 11) is -7.59. The highest BCUT2D eigenvalue weighted by molar-refractivity contribution is 7.90. The lowest BCUT2D eigenvalue weighted by molar-refractivity contribution is 0.362. The van der Waals surface area contributed by atoms with Gasteiger partial charge in [-0.2, -0.15) is 12.7 Å². The standard InChI is InChI=1S/C11H18N4O4S2/c1-9-2-3-10(20(12,16)17)8-11(9)14-21(18,19)15-6-4-13-5-7-15/h2-3,8,13-14H,4-7H2,1H3,(H2,12,16,17). The zero-order chi connectivity index (χ0) is 15.7. The van der Waals surface area contributed by atoms with Crippen LogP contribution in [0, 0.1) is 6.92 Å². The van der Waals surface area contributed by atoms with E-state index in [9.17, 15) is 16.8 Å². The van der Waals surface area contributed by atoms with Gasteiger partial charge in [-0.15, -0.1) is 0 Å². The number of hydrogen-bond acceptors (Lipinski definition) is 5. The van der Waals surface area contributed by atoms with E-state index >= 15 is 0 Å². The van der Waals surface area contributed by atoms with Gasteiger partial charge in [-0.1, -0.05) is 6.07 Å². The highest BCUT2D eigenvalue weighted by Crippen LogP contribution is 2.21. The molecule has 0 amide bonds. The van der Waals surface area contributed by atoms with Crippen LogP contribution in [0.5, 0.6) is 0 Å². The average Bonchev–Trinajstić information content (AvgIpc) is 2.41. The maximum Gasteiger partial charge on any atom is 0.301 e. The largest absolute Gasteiger partial charge is 0.314 e. The van der Waals surface area contributed by atoms with Crippen LogP contribution in [-0.2, 0) is 20.2 Å². The lowest BCUT2D eigenvalue weighted by Crippen LogP contribution is -2.48. The molecule has 0 unspecified atom stereocenters. The SMILES string of the molecule is Cc1ccc(S(N)(=O)=O)cc1NS(=O)(=O)N1CCNCC1. The van der Waals surface area contributed by atoms with Gasteiger partial charge in [0.25, 0.3) is 0 Å². The van der Waals surface area contributed by atoms with E-state index in [-0.39, 0.29) is 10.6 Å². The van der Waals surface area contributed by atoms with Gasteiger partial charge in [0.2, 0.25) is 10.0 Å². The number of hydrogen-bond donors (Lipinski definition) is 3. The smallest absolute Gasteiger partial charge is 0.301 e. The molecule has 1 aliphatic rings. The maximum atomic E-state index is 12.3. The fourth-order valence-corrected chi connectivity index (χ4v) is 3.81. The molecular formula is C11H18N4O4S2. The minimum atomic E-state index is -3.88. The van der Waals surface area contributed by atoms with Gasteiger partial charge in [-0.25, -0.2) is 13.6 Å². The molecule has 4 N–H and O–H groups in total. The fourth-order valence-electron chi connectivity index (χ4n) is 1.98. The van der Waals surface area contributed by atoms with Gasteiger partial charge in [-0.05, 0) is 24.6 Å². The van der Waals surface area contributed by atoms with Crippen molar-refractivity contribution in [3.63, 3.8) is 0 Å². The van der Waals surface area contributed by atoms with E-state index in [4.69, 9.17) is 5.14 Å². The summed E-state index contributed by atoms with van der Waals surface area (Å²) >= 11 is 0. The van der Waals surface area contributed by atoms with Crippen molar-refractivity contribution in [2.24, 2.45) is 5.14 Å². The van der Waals surface area contributed by atoms with Crippen molar-refractivity contribution in [2.45, 2.75) is 11.8 Å². The van der Waals surface area contributed by atoms with Gasteiger partial charge >= 0.3 is 10.2 Å². The van der Waals surface area contributed by atoms with Crippen LogP contribution < -0.4 is 15.2 Å². The number of nitrogens with zero attached hydrogens (tertiary/aromatic N) is 1. The minimum absolute atomic E-state index is 0.133. The molecule has 21 heavy (non-hydrogen) atoms. The molecule has 0 spiro atoms. The average molecular weight is 334 g/mol. The van der Waals surface area contributed by atoms with Crippen LogP contribution in [0.25, 0.3) is 0 Å². The molecule has 118 valence electrons. The van der Waals surface area contributed by atoms with Crippen LogP contribution in [0.1, 0.15) is 5.56 Å². The normalized spacial score (nSPS) is 17.6.